The number of pyridine rings is 1. The summed E-state index contributed by atoms with van der Waals surface area (Å²) >= 11 is 5.83. The Bertz CT molecular complexity index is 846. The van der Waals surface area contributed by atoms with Crippen molar-refractivity contribution in [2.75, 3.05) is 17.2 Å². The second kappa shape index (κ2) is 7.73. The molecule has 1 aromatic heterocycles. The summed E-state index contributed by atoms with van der Waals surface area (Å²) in [6, 6.07) is 10.6. The van der Waals surface area contributed by atoms with Crippen molar-refractivity contribution < 1.29 is 4.79 Å². The summed E-state index contributed by atoms with van der Waals surface area (Å²) < 4.78 is 0. The lowest BCUT2D eigenvalue weighted by atomic mass is 10.00. The molecule has 3 rings (SSSR count). The number of rotatable bonds is 5. The lowest BCUT2D eigenvalue weighted by Gasteiger charge is -2.32. The third-order valence-electron chi connectivity index (χ3n) is 4.59. The van der Waals surface area contributed by atoms with Crippen LogP contribution in [0, 0.1) is 11.3 Å². The van der Waals surface area contributed by atoms with Crippen LogP contribution in [0.15, 0.2) is 36.5 Å². The summed E-state index contributed by atoms with van der Waals surface area (Å²) in [6.07, 6.45) is 1.76. The SMILES string of the molecule is C[C@H](CN[C@H](C)[C@@H]1Nc2c(C#N)cccc2NC1=O)c1ccc(Cl)nc1. The van der Waals surface area contributed by atoms with Crippen molar-refractivity contribution in [3.8, 4) is 6.07 Å². The second-order valence-electron chi connectivity index (χ2n) is 6.46. The van der Waals surface area contributed by atoms with Gasteiger partial charge in [0.25, 0.3) is 0 Å². The van der Waals surface area contributed by atoms with Gasteiger partial charge in [0.2, 0.25) is 5.91 Å². The van der Waals surface area contributed by atoms with Crippen molar-refractivity contribution in [2.45, 2.75) is 31.8 Å². The Morgan fingerprint density at radius 3 is 2.85 bits per heavy atom. The number of nitrogens with zero attached hydrogens (tertiary/aromatic N) is 2. The van der Waals surface area contributed by atoms with E-state index in [-0.39, 0.29) is 17.9 Å². The molecular weight excluding hydrogens is 350 g/mol. The van der Waals surface area contributed by atoms with Gasteiger partial charge in [-0.2, -0.15) is 5.26 Å². The van der Waals surface area contributed by atoms with Gasteiger partial charge in [-0.25, -0.2) is 4.98 Å². The summed E-state index contributed by atoms with van der Waals surface area (Å²) in [5.41, 5.74) is 2.90. The number of nitrogens with one attached hydrogen (secondary N) is 3. The number of amides is 1. The van der Waals surface area contributed by atoms with Crippen LogP contribution in [0.1, 0.15) is 30.9 Å². The van der Waals surface area contributed by atoms with E-state index in [9.17, 15) is 10.1 Å². The maximum absolute atomic E-state index is 12.4. The molecule has 1 aromatic carbocycles. The van der Waals surface area contributed by atoms with Crippen LogP contribution >= 0.6 is 11.6 Å². The van der Waals surface area contributed by atoms with Crippen molar-refractivity contribution in [3.63, 3.8) is 0 Å². The molecule has 0 unspecified atom stereocenters. The highest BCUT2D eigenvalue weighted by Gasteiger charge is 2.31. The Hall–Kier alpha value is -2.62. The predicted molar refractivity (Wildman–Crippen MR) is 102 cm³/mol. The monoisotopic (exact) mass is 369 g/mol. The number of fused-ring (bicyclic) bond motifs is 1. The van der Waals surface area contributed by atoms with Crippen LogP contribution in [-0.4, -0.2) is 29.5 Å². The summed E-state index contributed by atoms with van der Waals surface area (Å²) in [7, 11) is 0. The maximum Gasteiger partial charge on any atom is 0.248 e. The first-order valence-electron chi connectivity index (χ1n) is 8.45. The molecule has 0 bridgehead atoms. The number of halogens is 1. The molecule has 1 amide bonds. The number of para-hydroxylation sites is 1. The molecular formula is C19H20ClN5O. The number of anilines is 2. The molecule has 1 aliphatic rings. The fourth-order valence-corrected chi connectivity index (χ4v) is 3.08. The summed E-state index contributed by atoms with van der Waals surface area (Å²) in [4.78, 5) is 16.5. The average molecular weight is 370 g/mol. The first-order chi connectivity index (χ1) is 12.5. The summed E-state index contributed by atoms with van der Waals surface area (Å²) in [6.45, 7) is 4.72. The zero-order valence-electron chi connectivity index (χ0n) is 14.6. The molecule has 0 radical (unpaired) electrons. The molecule has 0 saturated carbocycles. The Labute approximate surface area is 157 Å². The first-order valence-corrected chi connectivity index (χ1v) is 8.82. The molecule has 7 heteroatoms. The van der Waals surface area contributed by atoms with Crippen LogP contribution in [0.25, 0.3) is 0 Å². The molecule has 2 heterocycles. The van der Waals surface area contributed by atoms with Crippen molar-refractivity contribution in [2.24, 2.45) is 0 Å². The van der Waals surface area contributed by atoms with Gasteiger partial charge < -0.3 is 16.0 Å². The summed E-state index contributed by atoms with van der Waals surface area (Å²) in [5.74, 6) is 0.101. The number of aromatic nitrogens is 1. The molecule has 6 nitrogen and oxygen atoms in total. The third-order valence-corrected chi connectivity index (χ3v) is 4.81. The van der Waals surface area contributed by atoms with Gasteiger partial charge in [-0.1, -0.05) is 30.7 Å². The zero-order chi connectivity index (χ0) is 18.7. The lowest BCUT2D eigenvalue weighted by Crippen LogP contribution is -2.52. The highest BCUT2D eigenvalue weighted by molar-refractivity contribution is 6.29. The van der Waals surface area contributed by atoms with Gasteiger partial charge in [-0.3, -0.25) is 4.79 Å². The third kappa shape index (κ3) is 3.79. The van der Waals surface area contributed by atoms with E-state index in [0.29, 0.717) is 28.6 Å². The number of hydrogen-bond acceptors (Lipinski definition) is 5. The Balaban J connectivity index is 1.66. The molecule has 0 spiro atoms. The van der Waals surface area contributed by atoms with Gasteiger partial charge in [-0.05, 0) is 36.6 Å². The van der Waals surface area contributed by atoms with Crippen LogP contribution in [0.4, 0.5) is 11.4 Å². The number of benzene rings is 1. The van der Waals surface area contributed by atoms with Crippen molar-refractivity contribution >= 4 is 28.9 Å². The minimum absolute atomic E-state index is 0.117. The van der Waals surface area contributed by atoms with Gasteiger partial charge in [-0.15, -0.1) is 0 Å². The highest BCUT2D eigenvalue weighted by Crippen LogP contribution is 2.30. The quantitative estimate of drug-likeness (QED) is 0.704. The van der Waals surface area contributed by atoms with Crippen LogP contribution in [0.3, 0.4) is 0 Å². The fourth-order valence-electron chi connectivity index (χ4n) is 2.97. The largest absolute Gasteiger partial charge is 0.370 e. The molecule has 26 heavy (non-hydrogen) atoms. The predicted octanol–water partition coefficient (Wildman–Crippen LogP) is 3.12. The summed E-state index contributed by atoms with van der Waals surface area (Å²) in [5, 5.41) is 19.2. The van der Waals surface area contributed by atoms with E-state index >= 15 is 0 Å². The van der Waals surface area contributed by atoms with Crippen molar-refractivity contribution in [1.82, 2.24) is 10.3 Å². The van der Waals surface area contributed by atoms with Crippen LogP contribution < -0.4 is 16.0 Å². The minimum atomic E-state index is -0.465. The average Bonchev–Trinajstić information content (AvgIpc) is 2.65. The van der Waals surface area contributed by atoms with Crippen LogP contribution in [-0.2, 0) is 4.79 Å². The molecule has 134 valence electrons. The fraction of sp³-hybridized carbons (Fsp3) is 0.316. The van der Waals surface area contributed by atoms with E-state index in [4.69, 9.17) is 11.6 Å². The van der Waals surface area contributed by atoms with Crippen molar-refractivity contribution in [1.29, 1.82) is 5.26 Å². The van der Waals surface area contributed by atoms with E-state index in [2.05, 4.69) is 33.9 Å². The molecule has 0 saturated heterocycles. The van der Waals surface area contributed by atoms with Gasteiger partial charge in [0.05, 0.1) is 16.9 Å². The molecule has 0 aliphatic carbocycles. The van der Waals surface area contributed by atoms with Gasteiger partial charge in [0, 0.05) is 18.8 Å². The molecule has 3 N–H and O–H groups in total. The van der Waals surface area contributed by atoms with Crippen molar-refractivity contribution in [3.05, 3.63) is 52.8 Å². The van der Waals surface area contributed by atoms with E-state index in [0.717, 1.165) is 5.56 Å². The smallest absolute Gasteiger partial charge is 0.248 e. The molecule has 3 atom stereocenters. The van der Waals surface area contributed by atoms with E-state index in [1.54, 1.807) is 30.5 Å². The second-order valence-corrected chi connectivity index (χ2v) is 6.85. The van der Waals surface area contributed by atoms with Gasteiger partial charge in [0.15, 0.2) is 0 Å². The standard InChI is InChI=1S/C19H20ClN5O/c1-11(14-6-7-16(20)23-10-14)9-22-12(2)17-19(26)24-15-5-3-4-13(8-21)18(15)25-17/h3-7,10-12,17,22,25H,9H2,1-2H3,(H,24,26)/t11-,12-,17+/m1/s1. The van der Waals surface area contributed by atoms with Gasteiger partial charge >= 0.3 is 0 Å². The zero-order valence-corrected chi connectivity index (χ0v) is 15.3. The number of nitriles is 1. The highest BCUT2D eigenvalue weighted by atomic mass is 35.5. The molecule has 0 fully saturated rings. The Morgan fingerprint density at radius 2 is 2.15 bits per heavy atom. The maximum atomic E-state index is 12.4. The number of carbonyl (C=O) groups is 1. The van der Waals surface area contributed by atoms with Crippen LogP contribution in [0.5, 0.6) is 0 Å². The van der Waals surface area contributed by atoms with E-state index < -0.39 is 6.04 Å². The Morgan fingerprint density at radius 1 is 1.35 bits per heavy atom. The number of hydrogen-bond donors (Lipinski definition) is 3. The Kier molecular flexibility index (Phi) is 5.40. The van der Waals surface area contributed by atoms with Gasteiger partial charge in [0.1, 0.15) is 17.3 Å². The topological polar surface area (TPSA) is 89.8 Å². The normalized spacial score (nSPS) is 18.1. The molecule has 1 aliphatic heterocycles. The molecule has 2 aromatic rings. The first kappa shape index (κ1) is 18.2. The van der Waals surface area contributed by atoms with Crippen LogP contribution in [0.2, 0.25) is 5.15 Å². The lowest BCUT2D eigenvalue weighted by molar-refractivity contribution is -0.117. The minimum Gasteiger partial charge on any atom is -0.370 e. The van der Waals surface area contributed by atoms with E-state index in [1.807, 2.05) is 13.0 Å². The number of carbonyl (C=O) groups excluding carboxylic acids is 1. The van der Waals surface area contributed by atoms with E-state index in [1.165, 1.54) is 0 Å².